The molecular formula is C32H43NO5. The van der Waals surface area contributed by atoms with E-state index in [0.717, 1.165) is 50.5 Å². The fourth-order valence-electron chi connectivity index (χ4n) is 10.1. The molecule has 38 heavy (non-hydrogen) atoms. The van der Waals surface area contributed by atoms with Crippen molar-refractivity contribution < 1.29 is 23.9 Å². The fourth-order valence-corrected chi connectivity index (χ4v) is 10.1. The van der Waals surface area contributed by atoms with Crippen molar-refractivity contribution in [3.8, 4) is 6.07 Å². The predicted molar refractivity (Wildman–Crippen MR) is 142 cm³/mol. The first-order chi connectivity index (χ1) is 17.7. The van der Waals surface area contributed by atoms with E-state index in [4.69, 9.17) is 9.47 Å². The largest absolute Gasteiger partial charge is 0.469 e. The van der Waals surface area contributed by atoms with Crippen LogP contribution in [-0.4, -0.2) is 38.4 Å². The van der Waals surface area contributed by atoms with Gasteiger partial charge in [-0.15, -0.1) is 0 Å². The zero-order valence-corrected chi connectivity index (χ0v) is 24.1. The summed E-state index contributed by atoms with van der Waals surface area (Å²) in [4.78, 5) is 41.0. The smallest absolute Gasteiger partial charge is 0.312 e. The molecule has 206 valence electrons. The molecule has 0 amide bonds. The summed E-state index contributed by atoms with van der Waals surface area (Å²) in [5, 5.41) is 9.94. The molecule has 5 aliphatic rings. The third kappa shape index (κ3) is 3.43. The number of carbonyl (C=O) groups is 3. The average Bonchev–Trinajstić information content (AvgIpc) is 2.86. The summed E-state index contributed by atoms with van der Waals surface area (Å²) in [7, 11) is 3.08. The van der Waals surface area contributed by atoms with E-state index in [2.05, 4.69) is 33.8 Å². The Morgan fingerprint density at radius 3 is 2.37 bits per heavy atom. The second-order valence-electron chi connectivity index (χ2n) is 14.4. The Balaban J connectivity index is 1.66. The van der Waals surface area contributed by atoms with Crippen molar-refractivity contribution in [1.82, 2.24) is 0 Å². The third-order valence-corrected chi connectivity index (χ3v) is 11.9. The number of Topliss-reactive ketones (excluding diaryl/α,β-unsaturated/α-hetero) is 1. The summed E-state index contributed by atoms with van der Waals surface area (Å²) >= 11 is 0. The maximum absolute atomic E-state index is 14.3. The quantitative estimate of drug-likeness (QED) is 0.448. The summed E-state index contributed by atoms with van der Waals surface area (Å²) in [6, 6.07) is 2.16. The molecule has 8 atom stereocenters. The van der Waals surface area contributed by atoms with Crippen LogP contribution < -0.4 is 0 Å². The molecule has 3 fully saturated rings. The first kappa shape index (κ1) is 27.3. The van der Waals surface area contributed by atoms with Crippen molar-refractivity contribution in [2.75, 3.05) is 20.8 Å². The van der Waals surface area contributed by atoms with Gasteiger partial charge in [0.25, 0.3) is 0 Å². The van der Waals surface area contributed by atoms with Gasteiger partial charge in [0.15, 0.2) is 11.6 Å². The van der Waals surface area contributed by atoms with E-state index >= 15 is 0 Å². The molecule has 5 aliphatic carbocycles. The summed E-state index contributed by atoms with van der Waals surface area (Å²) in [6.07, 6.45) is 9.54. The fraction of sp³-hybridized carbons (Fsp3) is 0.750. The van der Waals surface area contributed by atoms with E-state index in [9.17, 15) is 19.6 Å². The van der Waals surface area contributed by atoms with Crippen LogP contribution in [0.5, 0.6) is 0 Å². The maximum Gasteiger partial charge on any atom is 0.312 e. The van der Waals surface area contributed by atoms with Crippen LogP contribution in [0.1, 0.15) is 79.6 Å². The van der Waals surface area contributed by atoms with E-state index in [1.165, 1.54) is 7.11 Å². The molecule has 0 heterocycles. The monoisotopic (exact) mass is 521 g/mol. The van der Waals surface area contributed by atoms with Gasteiger partial charge in [-0.05, 0) is 86.5 Å². The number of ether oxygens (including phenoxy) is 2. The zero-order chi connectivity index (χ0) is 27.9. The number of methoxy groups -OCH3 is 2. The predicted octanol–water partition coefficient (Wildman–Crippen LogP) is 5.62. The van der Waals surface area contributed by atoms with Gasteiger partial charge in [0.2, 0.25) is 0 Å². The van der Waals surface area contributed by atoms with Crippen LogP contribution in [0.3, 0.4) is 0 Å². The SMILES string of the molecule is COC[C@]1(C)C(=O)C(C#N)=C[C@]2(C)C3=CC(=O)C4C5CC(C)(C)CC[C@]5(C(=O)OC)CCC4[C@]3(C)CCC21. The van der Waals surface area contributed by atoms with Crippen LogP contribution in [0.25, 0.3) is 0 Å². The van der Waals surface area contributed by atoms with Crippen molar-refractivity contribution >= 4 is 17.5 Å². The number of rotatable bonds is 3. The van der Waals surface area contributed by atoms with Crippen molar-refractivity contribution in [2.45, 2.75) is 79.6 Å². The van der Waals surface area contributed by atoms with Crippen LogP contribution in [0, 0.1) is 62.1 Å². The van der Waals surface area contributed by atoms with Crippen LogP contribution in [0.4, 0.5) is 0 Å². The Morgan fingerprint density at radius 1 is 1.03 bits per heavy atom. The normalized spacial score (nSPS) is 45.3. The Hall–Kier alpha value is -2.26. The first-order valence-electron chi connectivity index (χ1n) is 14.3. The van der Waals surface area contributed by atoms with Gasteiger partial charge in [0.1, 0.15) is 6.07 Å². The first-order valence-corrected chi connectivity index (χ1v) is 14.3. The van der Waals surface area contributed by atoms with E-state index in [0.29, 0.717) is 0 Å². The second kappa shape index (κ2) is 8.62. The van der Waals surface area contributed by atoms with Gasteiger partial charge < -0.3 is 9.47 Å². The molecule has 0 aliphatic heterocycles. The Morgan fingerprint density at radius 2 is 1.74 bits per heavy atom. The Bertz CT molecular complexity index is 1190. The number of allylic oxidation sites excluding steroid dienone is 4. The lowest BCUT2D eigenvalue weighted by Gasteiger charge is -2.64. The van der Waals surface area contributed by atoms with Gasteiger partial charge in [0, 0.05) is 18.4 Å². The highest BCUT2D eigenvalue weighted by Crippen LogP contribution is 2.70. The lowest BCUT2D eigenvalue weighted by atomic mass is 9.38. The topological polar surface area (TPSA) is 93.5 Å². The van der Waals surface area contributed by atoms with E-state index in [-0.39, 0.29) is 64.2 Å². The van der Waals surface area contributed by atoms with Gasteiger partial charge in [-0.25, -0.2) is 0 Å². The molecule has 0 N–H and O–H groups in total. The molecule has 0 aromatic heterocycles. The number of esters is 1. The van der Waals surface area contributed by atoms with Crippen LogP contribution in [0.2, 0.25) is 0 Å². The number of hydrogen-bond acceptors (Lipinski definition) is 6. The Labute approximate surface area is 227 Å². The lowest BCUT2D eigenvalue weighted by molar-refractivity contribution is -0.178. The summed E-state index contributed by atoms with van der Waals surface area (Å²) < 4.78 is 10.9. The molecule has 0 saturated heterocycles. The highest BCUT2D eigenvalue weighted by molar-refractivity contribution is 6.05. The molecule has 0 aromatic carbocycles. The summed E-state index contributed by atoms with van der Waals surface area (Å²) in [5.41, 5.74) is -0.963. The molecule has 4 unspecified atom stereocenters. The number of ketones is 2. The lowest BCUT2D eigenvalue weighted by Crippen LogP contribution is -2.62. The second-order valence-corrected chi connectivity index (χ2v) is 14.4. The molecule has 6 nitrogen and oxygen atoms in total. The number of carbonyl (C=O) groups excluding carboxylic acids is 3. The molecule has 0 spiro atoms. The molecule has 0 radical (unpaired) electrons. The van der Waals surface area contributed by atoms with E-state index < -0.39 is 16.2 Å². The highest BCUT2D eigenvalue weighted by atomic mass is 16.5. The van der Waals surface area contributed by atoms with Crippen molar-refractivity contribution in [1.29, 1.82) is 5.26 Å². The molecule has 0 bridgehead atoms. The summed E-state index contributed by atoms with van der Waals surface area (Å²) in [5.74, 6) is -0.393. The van der Waals surface area contributed by atoms with E-state index in [1.54, 1.807) is 7.11 Å². The van der Waals surface area contributed by atoms with Crippen LogP contribution in [-0.2, 0) is 23.9 Å². The molecule has 5 rings (SSSR count). The Kier molecular flexibility index (Phi) is 6.19. The van der Waals surface area contributed by atoms with Crippen LogP contribution >= 0.6 is 0 Å². The number of nitrogens with zero attached hydrogens (tertiary/aromatic N) is 1. The van der Waals surface area contributed by atoms with Gasteiger partial charge in [0.05, 0.1) is 30.1 Å². The minimum atomic E-state index is -0.828. The third-order valence-electron chi connectivity index (χ3n) is 11.9. The molecular weight excluding hydrogens is 478 g/mol. The zero-order valence-electron chi connectivity index (χ0n) is 24.1. The van der Waals surface area contributed by atoms with Gasteiger partial charge in [-0.2, -0.15) is 5.26 Å². The minimum Gasteiger partial charge on any atom is -0.469 e. The van der Waals surface area contributed by atoms with Gasteiger partial charge in [-0.1, -0.05) is 39.3 Å². The minimum absolute atomic E-state index is 0.0398. The molecule has 0 aromatic rings. The highest BCUT2D eigenvalue weighted by Gasteiger charge is 2.67. The van der Waals surface area contributed by atoms with Crippen molar-refractivity contribution in [3.05, 3.63) is 23.3 Å². The van der Waals surface area contributed by atoms with Gasteiger partial charge in [-0.3, -0.25) is 14.4 Å². The molecule has 6 heteroatoms. The summed E-state index contributed by atoms with van der Waals surface area (Å²) in [6.45, 7) is 11.1. The van der Waals surface area contributed by atoms with E-state index in [1.807, 2.05) is 19.1 Å². The van der Waals surface area contributed by atoms with Crippen LogP contribution in [0.15, 0.2) is 23.3 Å². The number of fused-ring (bicyclic) bond motifs is 7. The van der Waals surface area contributed by atoms with Crippen molar-refractivity contribution in [2.24, 2.45) is 50.7 Å². The average molecular weight is 522 g/mol. The number of hydrogen-bond donors (Lipinski definition) is 0. The number of nitriles is 1. The molecule has 3 saturated carbocycles. The standard InChI is InChI=1S/C32H43NO5/c1-28(2)12-13-32(27(36)38-7)11-8-20-25(21(32)16-28)22(34)14-24-29(20,3)10-9-23-30(24,4)15-19(17-33)26(35)31(23,5)18-37-6/h14-15,20-21,23,25H,8-13,16,18H2,1-7H3/t20?,21?,23?,25?,29-,30-,31-,32+/m0/s1. The van der Waals surface area contributed by atoms with Crippen molar-refractivity contribution in [3.63, 3.8) is 0 Å². The van der Waals surface area contributed by atoms with Gasteiger partial charge >= 0.3 is 5.97 Å². The maximum atomic E-state index is 14.3.